The minimum Gasteiger partial charge on any atom is -0.310 e. The quantitative estimate of drug-likeness (QED) is 0.737. The Labute approximate surface area is 83.8 Å². The summed E-state index contributed by atoms with van der Waals surface area (Å²) >= 11 is 0. The smallest absolute Gasteiger partial charge is 0.126 e. The Kier molecular flexibility index (Phi) is 3.28. The summed E-state index contributed by atoms with van der Waals surface area (Å²) in [6.07, 6.45) is 1.13. The van der Waals surface area contributed by atoms with Crippen molar-refractivity contribution in [3.63, 3.8) is 0 Å². The van der Waals surface area contributed by atoms with Crippen LogP contribution in [0.2, 0.25) is 0 Å². The van der Waals surface area contributed by atoms with Crippen molar-refractivity contribution in [2.75, 3.05) is 6.54 Å². The molecule has 0 radical (unpaired) electrons. The van der Waals surface area contributed by atoms with Crippen molar-refractivity contribution >= 4 is 12.4 Å². The van der Waals surface area contributed by atoms with Gasteiger partial charge in [-0.15, -0.1) is 12.4 Å². The van der Waals surface area contributed by atoms with Crippen LogP contribution in [-0.4, -0.2) is 6.54 Å². The molecule has 72 valence electrons. The molecular weight excluding hydrogens is 189 g/mol. The van der Waals surface area contributed by atoms with Crippen molar-refractivity contribution in [2.45, 2.75) is 19.4 Å². The molecule has 13 heavy (non-hydrogen) atoms. The second-order valence-corrected chi connectivity index (χ2v) is 3.25. The second-order valence-electron chi connectivity index (χ2n) is 3.25. The first-order valence-electron chi connectivity index (χ1n) is 4.27. The highest BCUT2D eigenvalue weighted by molar-refractivity contribution is 5.85. The minimum absolute atomic E-state index is 0. The van der Waals surface area contributed by atoms with Crippen molar-refractivity contribution in [3.05, 3.63) is 35.1 Å². The lowest BCUT2D eigenvalue weighted by Crippen LogP contribution is -2.35. The van der Waals surface area contributed by atoms with Gasteiger partial charge in [-0.25, -0.2) is 4.39 Å². The van der Waals surface area contributed by atoms with E-state index in [2.05, 4.69) is 5.32 Å². The van der Waals surface area contributed by atoms with Gasteiger partial charge in [0, 0.05) is 6.04 Å². The zero-order valence-electron chi connectivity index (χ0n) is 7.51. The van der Waals surface area contributed by atoms with Crippen LogP contribution in [0.15, 0.2) is 18.2 Å². The predicted octanol–water partition coefficient (Wildman–Crippen LogP) is 2.59. The van der Waals surface area contributed by atoms with E-state index in [0.29, 0.717) is 6.04 Å². The minimum atomic E-state index is -0.0961. The topological polar surface area (TPSA) is 12.0 Å². The molecule has 1 atom stereocenters. The Balaban J connectivity index is 0.000000845. The van der Waals surface area contributed by atoms with Gasteiger partial charge in [0.25, 0.3) is 0 Å². The zero-order valence-corrected chi connectivity index (χ0v) is 8.33. The van der Waals surface area contributed by atoms with Crippen molar-refractivity contribution < 1.29 is 4.39 Å². The largest absolute Gasteiger partial charge is 0.310 e. The molecule has 1 aliphatic rings. The number of hydrogen-bond donors (Lipinski definition) is 1. The Bertz CT molecular complexity index is 297. The summed E-state index contributed by atoms with van der Waals surface area (Å²) < 4.78 is 13.1. The molecule has 0 bridgehead atoms. The van der Waals surface area contributed by atoms with Gasteiger partial charge in [-0.05, 0) is 37.1 Å². The highest BCUT2D eigenvalue weighted by Gasteiger charge is 2.20. The fraction of sp³-hybridized carbons (Fsp3) is 0.400. The molecular formula is C10H13ClFN. The zero-order chi connectivity index (χ0) is 8.55. The summed E-state index contributed by atoms with van der Waals surface area (Å²) in [5.41, 5.74) is 1.90. The highest BCUT2D eigenvalue weighted by Crippen LogP contribution is 2.26. The maximum Gasteiger partial charge on any atom is 0.126 e. The number of rotatable bonds is 1. The maximum absolute atomic E-state index is 13.1. The molecule has 0 aromatic heterocycles. The van der Waals surface area contributed by atoms with Gasteiger partial charge in [-0.3, -0.25) is 0 Å². The molecule has 2 rings (SSSR count). The van der Waals surface area contributed by atoms with Gasteiger partial charge in [0.05, 0.1) is 0 Å². The summed E-state index contributed by atoms with van der Waals surface area (Å²) in [5.74, 6) is -0.0961. The van der Waals surface area contributed by atoms with E-state index in [1.165, 1.54) is 6.07 Å². The van der Waals surface area contributed by atoms with E-state index in [4.69, 9.17) is 0 Å². The van der Waals surface area contributed by atoms with Gasteiger partial charge >= 0.3 is 0 Å². The molecule has 1 aromatic rings. The summed E-state index contributed by atoms with van der Waals surface area (Å²) in [5, 5.41) is 3.26. The standard InChI is InChI=1S/C10H12FN.ClH/c1-7-8(10-5-6-12-10)3-2-4-9(7)11;/h2-4,10,12H,5-6H2,1H3;1H/t10-;/m0./s1. The van der Waals surface area contributed by atoms with E-state index in [1.807, 2.05) is 13.0 Å². The maximum atomic E-state index is 13.1. The van der Waals surface area contributed by atoms with Gasteiger partial charge in [0.15, 0.2) is 0 Å². The van der Waals surface area contributed by atoms with Gasteiger partial charge in [-0.1, -0.05) is 12.1 Å². The number of nitrogens with one attached hydrogen (secondary N) is 1. The van der Waals surface area contributed by atoms with E-state index in [-0.39, 0.29) is 18.2 Å². The first-order chi connectivity index (χ1) is 5.79. The molecule has 3 heteroatoms. The molecule has 1 fully saturated rings. The molecule has 0 saturated carbocycles. The lowest BCUT2D eigenvalue weighted by atomic mass is 9.94. The average Bonchev–Trinajstić information content (AvgIpc) is 1.95. The third-order valence-corrected chi connectivity index (χ3v) is 2.51. The lowest BCUT2D eigenvalue weighted by molar-refractivity contribution is 0.380. The van der Waals surface area contributed by atoms with Crippen molar-refractivity contribution in [2.24, 2.45) is 0 Å². The van der Waals surface area contributed by atoms with Crippen LogP contribution < -0.4 is 5.32 Å². The summed E-state index contributed by atoms with van der Waals surface area (Å²) in [4.78, 5) is 0. The van der Waals surface area contributed by atoms with E-state index >= 15 is 0 Å². The monoisotopic (exact) mass is 201 g/mol. The lowest BCUT2D eigenvalue weighted by Gasteiger charge is -2.29. The molecule has 0 amide bonds. The second kappa shape index (κ2) is 4.07. The Hall–Kier alpha value is -0.600. The van der Waals surface area contributed by atoms with E-state index in [0.717, 1.165) is 24.1 Å². The summed E-state index contributed by atoms with van der Waals surface area (Å²) in [6.45, 7) is 2.89. The Morgan fingerprint density at radius 1 is 1.46 bits per heavy atom. The molecule has 1 N–H and O–H groups in total. The predicted molar refractivity (Wildman–Crippen MR) is 53.7 cm³/mol. The van der Waals surface area contributed by atoms with E-state index in [9.17, 15) is 4.39 Å². The molecule has 1 aliphatic heterocycles. The molecule has 0 spiro atoms. The summed E-state index contributed by atoms with van der Waals surface area (Å²) in [6, 6.07) is 5.67. The number of benzene rings is 1. The first kappa shape index (κ1) is 10.5. The molecule has 0 unspecified atom stereocenters. The van der Waals surface area contributed by atoms with Crippen LogP contribution in [0.3, 0.4) is 0 Å². The average molecular weight is 202 g/mol. The Morgan fingerprint density at radius 3 is 2.69 bits per heavy atom. The van der Waals surface area contributed by atoms with Gasteiger partial charge < -0.3 is 5.32 Å². The van der Waals surface area contributed by atoms with Gasteiger partial charge in [-0.2, -0.15) is 0 Å². The van der Waals surface area contributed by atoms with Crippen LogP contribution >= 0.6 is 12.4 Å². The summed E-state index contributed by atoms with van der Waals surface area (Å²) in [7, 11) is 0. The first-order valence-corrected chi connectivity index (χ1v) is 4.27. The molecule has 1 saturated heterocycles. The van der Waals surface area contributed by atoms with Crippen LogP contribution in [-0.2, 0) is 0 Å². The van der Waals surface area contributed by atoms with Crippen molar-refractivity contribution in [1.29, 1.82) is 0 Å². The Morgan fingerprint density at radius 2 is 2.15 bits per heavy atom. The molecule has 0 aliphatic carbocycles. The number of halogens is 2. The highest BCUT2D eigenvalue weighted by atomic mass is 35.5. The van der Waals surface area contributed by atoms with Crippen molar-refractivity contribution in [1.82, 2.24) is 5.32 Å². The van der Waals surface area contributed by atoms with E-state index in [1.54, 1.807) is 6.07 Å². The van der Waals surface area contributed by atoms with Gasteiger partial charge in [0.2, 0.25) is 0 Å². The molecule has 1 nitrogen and oxygen atoms in total. The van der Waals surface area contributed by atoms with Gasteiger partial charge in [0.1, 0.15) is 5.82 Å². The SMILES string of the molecule is Cc1c(F)cccc1[C@@H]1CCN1.Cl. The normalized spacial score (nSPS) is 20.3. The van der Waals surface area contributed by atoms with Crippen molar-refractivity contribution in [3.8, 4) is 0 Å². The third kappa shape index (κ3) is 1.84. The third-order valence-electron chi connectivity index (χ3n) is 2.51. The fourth-order valence-corrected chi connectivity index (χ4v) is 1.56. The van der Waals surface area contributed by atoms with Crippen LogP contribution in [0.25, 0.3) is 0 Å². The molecule has 1 aromatic carbocycles. The van der Waals surface area contributed by atoms with Crippen LogP contribution in [0.4, 0.5) is 4.39 Å². The number of hydrogen-bond acceptors (Lipinski definition) is 1. The van der Waals surface area contributed by atoms with Crippen LogP contribution in [0, 0.1) is 12.7 Å². The van der Waals surface area contributed by atoms with E-state index < -0.39 is 0 Å². The van der Waals surface area contributed by atoms with Crippen LogP contribution in [0.1, 0.15) is 23.6 Å². The fourth-order valence-electron chi connectivity index (χ4n) is 1.56. The van der Waals surface area contributed by atoms with Crippen LogP contribution in [0.5, 0.6) is 0 Å². The molecule has 1 heterocycles.